The summed E-state index contributed by atoms with van der Waals surface area (Å²) < 4.78 is 39.3. The van der Waals surface area contributed by atoms with Crippen molar-refractivity contribution in [1.82, 2.24) is 15.2 Å². The van der Waals surface area contributed by atoms with Gasteiger partial charge in [-0.2, -0.15) is 13.2 Å². The Balaban J connectivity index is 1.67. The molecule has 1 aliphatic heterocycles. The number of nitrogens with one attached hydrogen (secondary N) is 1. The summed E-state index contributed by atoms with van der Waals surface area (Å²) in [6.45, 7) is 0.00801. The summed E-state index contributed by atoms with van der Waals surface area (Å²) in [5, 5.41) is 2.70. The van der Waals surface area contributed by atoms with Crippen LogP contribution in [0.4, 0.5) is 13.2 Å². The van der Waals surface area contributed by atoms with Gasteiger partial charge in [0.05, 0.1) is 11.6 Å². The molecule has 5 nitrogen and oxygen atoms in total. The fourth-order valence-electron chi connectivity index (χ4n) is 2.92. The topological polar surface area (TPSA) is 62.3 Å². The van der Waals surface area contributed by atoms with Crippen LogP contribution in [0.1, 0.15) is 28.0 Å². The predicted molar refractivity (Wildman–Crippen MR) is 87.0 cm³/mol. The van der Waals surface area contributed by atoms with E-state index in [0.717, 1.165) is 6.07 Å². The maximum atomic E-state index is 13.1. The van der Waals surface area contributed by atoms with Crippen molar-refractivity contribution in [2.75, 3.05) is 6.54 Å². The van der Waals surface area contributed by atoms with Crippen LogP contribution in [-0.4, -0.2) is 34.3 Å². The van der Waals surface area contributed by atoms with Crippen LogP contribution in [0.3, 0.4) is 0 Å². The second-order valence-corrected chi connectivity index (χ2v) is 6.02. The van der Waals surface area contributed by atoms with Gasteiger partial charge in [0.15, 0.2) is 0 Å². The lowest BCUT2D eigenvalue weighted by atomic mass is 10.1. The molecule has 136 valence electrons. The maximum absolute atomic E-state index is 13.1. The largest absolute Gasteiger partial charge is 0.416 e. The van der Waals surface area contributed by atoms with E-state index in [0.29, 0.717) is 0 Å². The Morgan fingerprint density at radius 2 is 1.92 bits per heavy atom. The molecule has 2 aromatic rings. The molecule has 0 spiro atoms. The van der Waals surface area contributed by atoms with Gasteiger partial charge in [-0.1, -0.05) is 24.3 Å². The van der Waals surface area contributed by atoms with E-state index in [1.54, 1.807) is 18.2 Å². The first kappa shape index (κ1) is 17.9. The second-order valence-electron chi connectivity index (χ2n) is 6.02. The highest BCUT2D eigenvalue weighted by atomic mass is 19.4. The minimum atomic E-state index is -4.48. The Bertz CT molecular complexity index is 809. The predicted octanol–water partition coefficient (Wildman–Crippen LogP) is 2.63. The van der Waals surface area contributed by atoms with Gasteiger partial charge in [-0.3, -0.25) is 14.6 Å². The van der Waals surface area contributed by atoms with Crippen LogP contribution in [0.25, 0.3) is 0 Å². The van der Waals surface area contributed by atoms with Gasteiger partial charge in [0.25, 0.3) is 5.91 Å². The standard InChI is InChI=1S/C18H16F3N3O2/c19-18(20,21)14-6-2-1-5-12(14)10-24-11-13(9-16(24)25)23-17(26)15-7-3-4-8-22-15/h1-8,13H,9-11H2,(H,23,26). The fourth-order valence-corrected chi connectivity index (χ4v) is 2.92. The van der Waals surface area contributed by atoms with Gasteiger partial charge < -0.3 is 10.2 Å². The number of carbonyl (C=O) groups is 2. The van der Waals surface area contributed by atoms with E-state index in [1.807, 2.05) is 0 Å². The van der Waals surface area contributed by atoms with E-state index in [1.165, 1.54) is 29.3 Å². The van der Waals surface area contributed by atoms with Crippen LogP contribution in [0.2, 0.25) is 0 Å². The highest BCUT2D eigenvalue weighted by Crippen LogP contribution is 2.32. The van der Waals surface area contributed by atoms with Gasteiger partial charge in [-0.25, -0.2) is 0 Å². The lowest BCUT2D eigenvalue weighted by Crippen LogP contribution is -2.37. The van der Waals surface area contributed by atoms with Crippen LogP contribution in [0, 0.1) is 0 Å². The normalized spacial score (nSPS) is 17.4. The zero-order chi connectivity index (χ0) is 18.7. The molecule has 1 saturated heterocycles. The van der Waals surface area contributed by atoms with Crippen molar-refractivity contribution >= 4 is 11.8 Å². The minimum absolute atomic E-state index is 0.0325. The van der Waals surface area contributed by atoms with Crippen molar-refractivity contribution in [3.8, 4) is 0 Å². The molecule has 2 amide bonds. The fraction of sp³-hybridized carbons (Fsp3) is 0.278. The molecule has 1 aromatic heterocycles. The van der Waals surface area contributed by atoms with Gasteiger partial charge >= 0.3 is 6.18 Å². The monoisotopic (exact) mass is 363 g/mol. The third kappa shape index (κ3) is 4.01. The Morgan fingerprint density at radius 3 is 2.62 bits per heavy atom. The Kier molecular flexibility index (Phi) is 4.92. The number of aromatic nitrogens is 1. The van der Waals surface area contributed by atoms with Crippen molar-refractivity contribution in [3.05, 3.63) is 65.5 Å². The lowest BCUT2D eigenvalue weighted by Gasteiger charge is -2.20. The Hall–Kier alpha value is -2.90. The summed E-state index contributed by atoms with van der Waals surface area (Å²) in [6.07, 6.45) is -2.95. The highest BCUT2D eigenvalue weighted by molar-refractivity contribution is 5.93. The van der Waals surface area contributed by atoms with Gasteiger partial charge in [0.2, 0.25) is 5.91 Å². The van der Waals surface area contributed by atoms with Crippen molar-refractivity contribution in [1.29, 1.82) is 0 Å². The van der Waals surface area contributed by atoms with Gasteiger partial charge in [0.1, 0.15) is 5.69 Å². The second kappa shape index (κ2) is 7.15. The van der Waals surface area contributed by atoms with Crippen LogP contribution < -0.4 is 5.32 Å². The number of hydrogen-bond acceptors (Lipinski definition) is 3. The molecule has 1 fully saturated rings. The van der Waals surface area contributed by atoms with Crippen molar-refractivity contribution in [2.24, 2.45) is 0 Å². The van der Waals surface area contributed by atoms with E-state index < -0.39 is 23.7 Å². The summed E-state index contributed by atoms with van der Waals surface area (Å²) in [7, 11) is 0. The lowest BCUT2D eigenvalue weighted by molar-refractivity contribution is -0.139. The number of alkyl halides is 3. The molecule has 1 aromatic carbocycles. The van der Waals surface area contributed by atoms with Gasteiger partial charge in [-0.15, -0.1) is 0 Å². The number of hydrogen-bond donors (Lipinski definition) is 1. The molecule has 8 heteroatoms. The van der Waals surface area contributed by atoms with E-state index in [4.69, 9.17) is 0 Å². The Labute approximate surface area is 147 Å². The maximum Gasteiger partial charge on any atom is 0.416 e. The molecule has 0 saturated carbocycles. The first-order valence-electron chi connectivity index (χ1n) is 7.99. The molecule has 0 bridgehead atoms. The first-order valence-corrected chi connectivity index (χ1v) is 7.99. The molecule has 1 N–H and O–H groups in total. The molecule has 2 heterocycles. The third-order valence-corrected chi connectivity index (χ3v) is 4.13. The highest BCUT2D eigenvalue weighted by Gasteiger charge is 2.36. The molecule has 1 aliphatic rings. The zero-order valence-corrected chi connectivity index (χ0v) is 13.7. The van der Waals surface area contributed by atoms with Crippen molar-refractivity contribution in [3.63, 3.8) is 0 Å². The van der Waals surface area contributed by atoms with Gasteiger partial charge in [0, 0.05) is 25.7 Å². The summed E-state index contributed by atoms with van der Waals surface area (Å²) in [4.78, 5) is 29.5. The first-order chi connectivity index (χ1) is 12.3. The van der Waals surface area contributed by atoms with E-state index >= 15 is 0 Å². The number of likely N-dealkylation sites (tertiary alicyclic amines) is 1. The molecular formula is C18H16F3N3O2. The summed E-state index contributed by atoms with van der Waals surface area (Å²) in [5.74, 6) is -0.714. The van der Waals surface area contributed by atoms with E-state index in [2.05, 4.69) is 10.3 Å². The summed E-state index contributed by atoms with van der Waals surface area (Å²) >= 11 is 0. The molecule has 1 atom stereocenters. The van der Waals surface area contributed by atoms with Crippen LogP contribution in [-0.2, 0) is 17.5 Å². The average Bonchev–Trinajstić information content (AvgIpc) is 2.94. The quantitative estimate of drug-likeness (QED) is 0.908. The average molecular weight is 363 g/mol. The van der Waals surface area contributed by atoms with Crippen LogP contribution in [0.15, 0.2) is 48.7 Å². The molecule has 26 heavy (non-hydrogen) atoms. The zero-order valence-electron chi connectivity index (χ0n) is 13.7. The number of halogens is 3. The summed E-state index contributed by atoms with van der Waals surface area (Å²) in [6, 6.07) is 9.60. The molecular weight excluding hydrogens is 347 g/mol. The van der Waals surface area contributed by atoms with E-state index in [9.17, 15) is 22.8 Å². The van der Waals surface area contributed by atoms with Crippen molar-refractivity contribution < 1.29 is 22.8 Å². The van der Waals surface area contributed by atoms with Gasteiger partial charge in [-0.05, 0) is 23.8 Å². The Morgan fingerprint density at radius 1 is 1.19 bits per heavy atom. The molecule has 0 radical (unpaired) electrons. The third-order valence-electron chi connectivity index (χ3n) is 4.13. The number of amides is 2. The number of benzene rings is 1. The molecule has 1 unspecified atom stereocenters. The number of rotatable bonds is 4. The van der Waals surface area contributed by atoms with Crippen LogP contribution in [0.5, 0.6) is 0 Å². The number of pyridine rings is 1. The van der Waals surface area contributed by atoms with Crippen molar-refractivity contribution in [2.45, 2.75) is 25.2 Å². The minimum Gasteiger partial charge on any atom is -0.346 e. The number of nitrogens with zero attached hydrogens (tertiary/aromatic N) is 2. The number of carbonyl (C=O) groups excluding carboxylic acids is 2. The van der Waals surface area contributed by atoms with E-state index in [-0.39, 0.29) is 36.7 Å². The summed E-state index contributed by atoms with van der Waals surface area (Å²) in [5.41, 5.74) is -0.500. The SMILES string of the molecule is O=C(NC1CC(=O)N(Cc2ccccc2C(F)(F)F)C1)c1ccccn1. The molecule has 3 rings (SSSR count). The smallest absolute Gasteiger partial charge is 0.346 e. The van der Waals surface area contributed by atoms with Crippen LogP contribution >= 0.6 is 0 Å². The molecule has 0 aliphatic carbocycles.